The quantitative estimate of drug-likeness (QED) is 0.419. The number of hydrogen-bond acceptors (Lipinski definition) is 5. The molecule has 0 saturated carbocycles. The highest BCUT2D eigenvalue weighted by atomic mass is 16.5. The van der Waals surface area contributed by atoms with Crippen LogP contribution in [-0.2, 0) is 15.8 Å². The summed E-state index contributed by atoms with van der Waals surface area (Å²) >= 11 is 0. The van der Waals surface area contributed by atoms with Gasteiger partial charge in [0.2, 0.25) is 0 Å². The molecule has 0 amide bonds. The molecule has 1 aromatic carbocycles. The van der Waals surface area contributed by atoms with E-state index in [0.717, 1.165) is 44.9 Å². The Labute approximate surface area is 184 Å². The van der Waals surface area contributed by atoms with E-state index in [9.17, 15) is 5.11 Å². The van der Waals surface area contributed by atoms with Crippen LogP contribution in [0.3, 0.4) is 0 Å². The van der Waals surface area contributed by atoms with Crippen molar-refractivity contribution in [1.82, 2.24) is 10.6 Å². The van der Waals surface area contributed by atoms with Crippen LogP contribution in [0.15, 0.2) is 52.1 Å². The highest BCUT2D eigenvalue weighted by Crippen LogP contribution is 2.35. The molecule has 31 heavy (non-hydrogen) atoms. The van der Waals surface area contributed by atoms with E-state index in [1.165, 1.54) is 5.56 Å². The van der Waals surface area contributed by atoms with Gasteiger partial charge in [-0.1, -0.05) is 12.1 Å². The molecule has 1 aliphatic rings. The van der Waals surface area contributed by atoms with Crippen molar-refractivity contribution in [3.05, 3.63) is 54.0 Å². The lowest BCUT2D eigenvalue weighted by atomic mass is 9.74. The van der Waals surface area contributed by atoms with Gasteiger partial charge in [0.1, 0.15) is 17.1 Å². The number of ether oxygens (including phenoxy) is 2. The van der Waals surface area contributed by atoms with Crippen LogP contribution >= 0.6 is 0 Å². The lowest BCUT2D eigenvalue weighted by Crippen LogP contribution is -2.48. The van der Waals surface area contributed by atoms with Crippen molar-refractivity contribution >= 4 is 5.96 Å². The number of nitrogens with zero attached hydrogens (tertiary/aromatic N) is 1. The van der Waals surface area contributed by atoms with E-state index in [1.807, 2.05) is 26.0 Å². The maximum atomic E-state index is 10.7. The maximum Gasteiger partial charge on any atom is 0.191 e. The first-order valence-electron chi connectivity index (χ1n) is 11.1. The molecule has 3 rings (SSSR count). The molecule has 1 saturated heterocycles. The number of guanidine groups is 1. The second kappa shape index (κ2) is 10.7. The number of furan rings is 1. The van der Waals surface area contributed by atoms with Crippen molar-refractivity contribution in [2.45, 2.75) is 44.6 Å². The number of hydrogen-bond donors (Lipinski definition) is 3. The van der Waals surface area contributed by atoms with Gasteiger partial charge in [-0.2, -0.15) is 0 Å². The Bertz CT molecular complexity index is 810. The lowest BCUT2D eigenvalue weighted by molar-refractivity contribution is 0.0435. The Balaban J connectivity index is 1.73. The van der Waals surface area contributed by atoms with Crippen molar-refractivity contribution in [1.29, 1.82) is 0 Å². The summed E-state index contributed by atoms with van der Waals surface area (Å²) < 4.78 is 16.6. The smallest absolute Gasteiger partial charge is 0.191 e. The third kappa shape index (κ3) is 6.02. The molecule has 1 atom stereocenters. The van der Waals surface area contributed by atoms with Crippen molar-refractivity contribution in [3.8, 4) is 5.75 Å². The normalized spacial score (nSPS) is 18.3. The first-order valence-corrected chi connectivity index (χ1v) is 11.1. The molecular weight excluding hydrogens is 394 g/mol. The zero-order chi connectivity index (χ0) is 22.2. The van der Waals surface area contributed by atoms with Crippen molar-refractivity contribution in [3.63, 3.8) is 0 Å². The summed E-state index contributed by atoms with van der Waals surface area (Å²) in [7, 11) is 0. The minimum atomic E-state index is -1.17. The third-order valence-electron chi connectivity index (χ3n) is 5.76. The zero-order valence-electron chi connectivity index (χ0n) is 18.8. The third-order valence-corrected chi connectivity index (χ3v) is 5.76. The van der Waals surface area contributed by atoms with Gasteiger partial charge in [0.25, 0.3) is 0 Å². The molecule has 0 bridgehead atoms. The number of aliphatic hydroxyl groups is 1. The fourth-order valence-electron chi connectivity index (χ4n) is 3.89. The van der Waals surface area contributed by atoms with Gasteiger partial charge in [-0.15, -0.1) is 0 Å². The monoisotopic (exact) mass is 429 g/mol. The van der Waals surface area contributed by atoms with E-state index >= 15 is 0 Å². The molecule has 0 radical (unpaired) electrons. The molecule has 2 heterocycles. The largest absolute Gasteiger partial charge is 0.494 e. The van der Waals surface area contributed by atoms with Crippen LogP contribution in [0.4, 0.5) is 0 Å². The topological polar surface area (TPSA) is 88.3 Å². The molecule has 3 N–H and O–H groups in total. The van der Waals surface area contributed by atoms with Gasteiger partial charge in [-0.25, -0.2) is 4.99 Å². The second-order valence-corrected chi connectivity index (χ2v) is 8.15. The Morgan fingerprint density at radius 3 is 2.52 bits per heavy atom. The Morgan fingerprint density at radius 1 is 1.16 bits per heavy atom. The highest BCUT2D eigenvalue weighted by molar-refractivity contribution is 5.80. The standard InChI is InChI=1S/C24H35N3O4/c1-4-25-22(26-17-23(3,28)21-7-6-14-31-21)27-18-24(12-15-29-16-13-24)19-8-10-20(11-9-19)30-5-2/h6-11,14,28H,4-5,12-13,15-18H2,1-3H3,(H2,25,26,27). The van der Waals surface area contributed by atoms with E-state index in [1.54, 1.807) is 25.3 Å². The first-order chi connectivity index (χ1) is 15.0. The highest BCUT2D eigenvalue weighted by Gasteiger charge is 2.35. The summed E-state index contributed by atoms with van der Waals surface area (Å²) in [6, 6.07) is 11.9. The van der Waals surface area contributed by atoms with Crippen LogP contribution < -0.4 is 15.4 Å². The molecule has 2 aromatic rings. The average molecular weight is 430 g/mol. The van der Waals surface area contributed by atoms with Crippen LogP contribution in [0.5, 0.6) is 5.75 Å². The van der Waals surface area contributed by atoms with E-state index < -0.39 is 5.60 Å². The molecule has 1 fully saturated rings. The van der Waals surface area contributed by atoms with Gasteiger partial charge in [0, 0.05) is 31.7 Å². The minimum Gasteiger partial charge on any atom is -0.494 e. The fourth-order valence-corrected chi connectivity index (χ4v) is 3.89. The van der Waals surface area contributed by atoms with E-state index in [0.29, 0.717) is 18.3 Å². The first kappa shape index (κ1) is 23.2. The van der Waals surface area contributed by atoms with Gasteiger partial charge >= 0.3 is 0 Å². The molecule has 1 aliphatic heterocycles. The summed E-state index contributed by atoms with van der Waals surface area (Å²) in [5, 5.41) is 17.5. The number of nitrogens with one attached hydrogen (secondary N) is 2. The fraction of sp³-hybridized carbons (Fsp3) is 0.542. The molecular formula is C24H35N3O4. The summed E-state index contributed by atoms with van der Waals surface area (Å²) in [4.78, 5) is 4.62. The molecule has 1 unspecified atom stereocenters. The van der Waals surface area contributed by atoms with E-state index in [2.05, 4.69) is 27.8 Å². The summed E-state index contributed by atoms with van der Waals surface area (Å²) in [5.74, 6) is 2.06. The van der Waals surface area contributed by atoms with Crippen LogP contribution in [0.2, 0.25) is 0 Å². The van der Waals surface area contributed by atoms with Crippen molar-refractivity contribution in [2.24, 2.45) is 4.99 Å². The maximum absolute atomic E-state index is 10.7. The van der Waals surface area contributed by atoms with Crippen molar-refractivity contribution in [2.75, 3.05) is 39.5 Å². The zero-order valence-corrected chi connectivity index (χ0v) is 18.8. The molecule has 170 valence electrons. The average Bonchev–Trinajstić information content (AvgIpc) is 3.33. The van der Waals surface area contributed by atoms with Gasteiger partial charge in [-0.05, 0) is 63.4 Å². The molecule has 1 aromatic heterocycles. The Morgan fingerprint density at radius 2 is 1.90 bits per heavy atom. The van der Waals surface area contributed by atoms with Gasteiger partial charge < -0.3 is 29.6 Å². The summed E-state index contributed by atoms with van der Waals surface area (Å²) in [6.07, 6.45) is 3.41. The molecule has 7 heteroatoms. The molecule has 0 spiro atoms. The summed E-state index contributed by atoms with van der Waals surface area (Å²) in [6.45, 7) is 9.48. The van der Waals surface area contributed by atoms with Crippen LogP contribution in [-0.4, -0.2) is 50.5 Å². The lowest BCUT2D eigenvalue weighted by Gasteiger charge is -2.38. The number of aliphatic imine (C=N–C) groups is 1. The SMILES string of the molecule is CCNC(=NCC(C)(O)c1ccco1)NCC1(c2ccc(OCC)cc2)CCOCC1. The number of benzene rings is 1. The van der Waals surface area contributed by atoms with Crippen LogP contribution in [0.1, 0.15) is 44.9 Å². The predicted octanol–water partition coefficient (Wildman–Crippen LogP) is 3.19. The van der Waals surface area contributed by atoms with E-state index in [4.69, 9.17) is 13.9 Å². The van der Waals surface area contributed by atoms with Gasteiger partial charge in [0.15, 0.2) is 5.96 Å². The Hall–Kier alpha value is -2.51. The Kier molecular flexibility index (Phi) is 7.98. The predicted molar refractivity (Wildman–Crippen MR) is 122 cm³/mol. The van der Waals surface area contributed by atoms with Gasteiger partial charge in [0.05, 0.1) is 19.4 Å². The summed E-state index contributed by atoms with van der Waals surface area (Å²) in [5.41, 5.74) is 0.0465. The van der Waals surface area contributed by atoms with Gasteiger partial charge in [-0.3, -0.25) is 0 Å². The number of rotatable bonds is 9. The molecule has 7 nitrogen and oxygen atoms in total. The van der Waals surface area contributed by atoms with Crippen LogP contribution in [0, 0.1) is 0 Å². The minimum absolute atomic E-state index is 0.0529. The van der Waals surface area contributed by atoms with Crippen molar-refractivity contribution < 1.29 is 19.0 Å². The second-order valence-electron chi connectivity index (χ2n) is 8.15. The van der Waals surface area contributed by atoms with E-state index in [-0.39, 0.29) is 12.0 Å². The molecule has 0 aliphatic carbocycles. The van der Waals surface area contributed by atoms with Crippen LogP contribution in [0.25, 0.3) is 0 Å².